The van der Waals surface area contributed by atoms with Crippen molar-refractivity contribution >= 4 is 62.4 Å². The summed E-state index contributed by atoms with van der Waals surface area (Å²) in [5, 5.41) is 7.96. The number of aromatic nitrogens is 3. The van der Waals surface area contributed by atoms with E-state index in [9.17, 15) is 0 Å². The maximum Gasteiger partial charge on any atom is 0.229 e. The Morgan fingerprint density at radius 3 is 2.41 bits per heavy atom. The SMILES string of the molecule is COc1ccc(NC(=S)/N=C(/Nc2nc(C)cc(C)n2)N2CCN(c3nsc4ccccc34)CC2)c(OC)c1. The van der Waals surface area contributed by atoms with Gasteiger partial charge < -0.3 is 24.6 Å². The summed E-state index contributed by atoms with van der Waals surface area (Å²) < 4.78 is 16.7. The molecule has 0 radical (unpaired) electrons. The van der Waals surface area contributed by atoms with Crippen LogP contribution in [0.4, 0.5) is 17.5 Å². The van der Waals surface area contributed by atoms with E-state index in [1.54, 1.807) is 20.3 Å². The van der Waals surface area contributed by atoms with E-state index in [0.29, 0.717) is 29.1 Å². The highest BCUT2D eigenvalue weighted by molar-refractivity contribution is 7.80. The number of nitrogens with one attached hydrogen (secondary N) is 2. The van der Waals surface area contributed by atoms with Crippen LogP contribution in [0, 0.1) is 13.8 Å². The Labute approximate surface area is 236 Å². The molecule has 12 heteroatoms. The van der Waals surface area contributed by atoms with Gasteiger partial charge in [-0.2, -0.15) is 9.37 Å². The van der Waals surface area contributed by atoms with Crippen LogP contribution in [0.1, 0.15) is 11.4 Å². The van der Waals surface area contributed by atoms with E-state index in [1.807, 2.05) is 38.1 Å². The molecule has 1 aliphatic rings. The monoisotopic (exact) mass is 562 g/mol. The number of anilines is 3. The summed E-state index contributed by atoms with van der Waals surface area (Å²) in [5.41, 5.74) is 2.43. The predicted molar refractivity (Wildman–Crippen MR) is 162 cm³/mol. The third-order valence-electron chi connectivity index (χ3n) is 6.30. The van der Waals surface area contributed by atoms with E-state index < -0.39 is 0 Å². The molecule has 4 aromatic rings. The Morgan fingerprint density at radius 2 is 1.69 bits per heavy atom. The van der Waals surface area contributed by atoms with Crippen molar-refractivity contribution in [2.75, 3.05) is 55.9 Å². The van der Waals surface area contributed by atoms with E-state index >= 15 is 0 Å². The summed E-state index contributed by atoms with van der Waals surface area (Å²) in [4.78, 5) is 18.3. The fourth-order valence-electron chi connectivity index (χ4n) is 4.43. The number of piperazine rings is 1. The summed E-state index contributed by atoms with van der Waals surface area (Å²) in [6, 6.07) is 15.7. The molecule has 1 fully saturated rings. The van der Waals surface area contributed by atoms with Gasteiger partial charge >= 0.3 is 0 Å². The number of aliphatic imine (C=N–C) groups is 1. The molecular weight excluding hydrogens is 532 g/mol. The first kappa shape index (κ1) is 26.6. The molecule has 2 aromatic carbocycles. The number of nitrogens with zero attached hydrogens (tertiary/aromatic N) is 6. The summed E-state index contributed by atoms with van der Waals surface area (Å²) in [6.07, 6.45) is 0. The first-order chi connectivity index (χ1) is 18.9. The van der Waals surface area contributed by atoms with Gasteiger partial charge in [0.1, 0.15) is 17.3 Å². The Bertz CT molecular complexity index is 1490. The molecule has 10 nitrogen and oxygen atoms in total. The molecule has 1 saturated heterocycles. The Hall–Kier alpha value is -4.03. The van der Waals surface area contributed by atoms with Crippen LogP contribution in [-0.4, -0.2) is 70.7 Å². The van der Waals surface area contributed by atoms with Gasteiger partial charge in [-0.3, -0.25) is 5.32 Å². The number of aryl methyl sites for hydroxylation is 2. The lowest BCUT2D eigenvalue weighted by Gasteiger charge is -2.36. The Morgan fingerprint density at radius 1 is 0.949 bits per heavy atom. The van der Waals surface area contributed by atoms with Crippen LogP contribution < -0.4 is 25.0 Å². The van der Waals surface area contributed by atoms with Crippen molar-refractivity contribution in [3.63, 3.8) is 0 Å². The van der Waals surface area contributed by atoms with Crippen LogP contribution in [0.2, 0.25) is 0 Å². The highest BCUT2D eigenvalue weighted by atomic mass is 32.1. The van der Waals surface area contributed by atoms with Gasteiger partial charge in [0, 0.05) is 49.0 Å². The van der Waals surface area contributed by atoms with Crippen molar-refractivity contribution in [1.82, 2.24) is 19.2 Å². The number of hydrogen-bond donors (Lipinski definition) is 2. The maximum absolute atomic E-state index is 5.65. The molecule has 39 heavy (non-hydrogen) atoms. The molecular formula is C27H30N8O2S2. The van der Waals surface area contributed by atoms with Gasteiger partial charge in [-0.25, -0.2) is 9.97 Å². The molecule has 0 unspecified atom stereocenters. The molecule has 202 valence electrons. The van der Waals surface area contributed by atoms with Gasteiger partial charge in [-0.1, -0.05) is 12.1 Å². The van der Waals surface area contributed by atoms with Crippen molar-refractivity contribution in [3.05, 3.63) is 59.9 Å². The van der Waals surface area contributed by atoms with Crippen molar-refractivity contribution < 1.29 is 9.47 Å². The third-order valence-corrected chi connectivity index (χ3v) is 7.31. The average Bonchev–Trinajstić information content (AvgIpc) is 3.37. The number of rotatable bonds is 5. The smallest absolute Gasteiger partial charge is 0.229 e. The first-order valence-electron chi connectivity index (χ1n) is 12.5. The molecule has 2 N–H and O–H groups in total. The van der Waals surface area contributed by atoms with Crippen LogP contribution in [0.5, 0.6) is 11.5 Å². The Kier molecular flexibility index (Phi) is 8.03. The average molecular weight is 563 g/mol. The molecule has 0 saturated carbocycles. The zero-order valence-electron chi connectivity index (χ0n) is 22.3. The van der Waals surface area contributed by atoms with Crippen LogP contribution in [0.15, 0.2) is 53.5 Å². The number of guanidine groups is 1. The molecule has 3 heterocycles. The van der Waals surface area contributed by atoms with E-state index in [2.05, 4.69) is 48.6 Å². The number of benzene rings is 2. The predicted octanol–water partition coefficient (Wildman–Crippen LogP) is 4.71. The fourth-order valence-corrected chi connectivity index (χ4v) is 5.42. The van der Waals surface area contributed by atoms with E-state index in [1.165, 1.54) is 21.6 Å². The molecule has 5 rings (SSSR count). The van der Waals surface area contributed by atoms with Gasteiger partial charge in [-0.05, 0) is 67.9 Å². The molecule has 1 aliphatic heterocycles. The maximum atomic E-state index is 5.65. The van der Waals surface area contributed by atoms with Gasteiger partial charge in [0.05, 0.1) is 24.6 Å². The van der Waals surface area contributed by atoms with Crippen LogP contribution in [0.3, 0.4) is 0 Å². The number of thiocarbonyl (C=S) groups is 1. The second kappa shape index (κ2) is 11.8. The topological polar surface area (TPSA) is 100 Å². The molecule has 0 amide bonds. The second-order valence-electron chi connectivity index (χ2n) is 9.01. The zero-order chi connectivity index (χ0) is 27.4. The van der Waals surface area contributed by atoms with E-state index in [4.69, 9.17) is 31.1 Å². The number of hydrogen-bond acceptors (Lipinski definition) is 8. The highest BCUT2D eigenvalue weighted by Crippen LogP contribution is 2.31. The molecule has 2 aromatic heterocycles. The Balaban J connectivity index is 1.37. The normalized spacial score (nSPS) is 13.9. The van der Waals surface area contributed by atoms with Gasteiger partial charge in [0.2, 0.25) is 17.0 Å². The van der Waals surface area contributed by atoms with Crippen LogP contribution in [-0.2, 0) is 0 Å². The summed E-state index contributed by atoms with van der Waals surface area (Å²) >= 11 is 7.18. The lowest BCUT2D eigenvalue weighted by atomic mass is 10.2. The molecule has 0 aliphatic carbocycles. The number of ether oxygens (including phenoxy) is 2. The highest BCUT2D eigenvalue weighted by Gasteiger charge is 2.24. The largest absolute Gasteiger partial charge is 0.497 e. The fraction of sp³-hybridized carbons (Fsp3) is 0.296. The minimum atomic E-state index is 0.276. The quantitative estimate of drug-likeness (QED) is 0.202. The minimum Gasteiger partial charge on any atom is -0.497 e. The summed E-state index contributed by atoms with van der Waals surface area (Å²) in [5.74, 6) is 3.37. The lowest BCUT2D eigenvalue weighted by molar-refractivity contribution is 0.384. The summed E-state index contributed by atoms with van der Waals surface area (Å²) in [6.45, 7) is 6.89. The van der Waals surface area contributed by atoms with Gasteiger partial charge in [-0.15, -0.1) is 0 Å². The van der Waals surface area contributed by atoms with Crippen molar-refractivity contribution in [2.45, 2.75) is 13.8 Å². The van der Waals surface area contributed by atoms with E-state index in [0.717, 1.165) is 43.4 Å². The zero-order valence-corrected chi connectivity index (χ0v) is 23.9. The van der Waals surface area contributed by atoms with Gasteiger partial charge in [0.15, 0.2) is 0 Å². The van der Waals surface area contributed by atoms with Crippen LogP contribution in [0.25, 0.3) is 10.1 Å². The second-order valence-corrected chi connectivity index (χ2v) is 10.2. The molecule has 0 atom stereocenters. The van der Waals surface area contributed by atoms with Crippen molar-refractivity contribution in [1.29, 1.82) is 0 Å². The molecule has 0 bridgehead atoms. The van der Waals surface area contributed by atoms with Gasteiger partial charge in [0.25, 0.3) is 0 Å². The van der Waals surface area contributed by atoms with Crippen LogP contribution >= 0.6 is 23.8 Å². The lowest BCUT2D eigenvalue weighted by Crippen LogP contribution is -2.51. The van der Waals surface area contributed by atoms with Crippen molar-refractivity contribution in [3.8, 4) is 11.5 Å². The van der Waals surface area contributed by atoms with E-state index in [-0.39, 0.29) is 5.11 Å². The number of methoxy groups -OCH3 is 2. The summed E-state index contributed by atoms with van der Waals surface area (Å²) in [7, 11) is 3.21. The van der Waals surface area contributed by atoms with Crippen molar-refractivity contribution in [2.24, 2.45) is 4.99 Å². The third kappa shape index (κ3) is 6.18. The first-order valence-corrected chi connectivity index (χ1v) is 13.7. The number of fused-ring (bicyclic) bond motifs is 1. The standard InChI is InChI=1S/C27H30N8O2S2/c1-17-15-18(2)29-25(28-17)31-26(32-27(38)30-21-10-9-19(36-3)16-22(21)37-4)35-13-11-34(12-14-35)24-20-7-5-6-8-23(20)39-33-24/h5-10,15-16H,11-14H2,1-4H3,(H2,28,29,30,31,32,38). The minimum absolute atomic E-state index is 0.276. The molecule has 0 spiro atoms.